The number of rotatable bonds is 1. The minimum atomic E-state index is -0.408. The van der Waals surface area contributed by atoms with E-state index in [-0.39, 0.29) is 21.9 Å². The van der Waals surface area contributed by atoms with Gasteiger partial charge in [-0.3, -0.25) is 9.36 Å². The van der Waals surface area contributed by atoms with E-state index in [0.717, 1.165) is 4.57 Å². The highest BCUT2D eigenvalue weighted by Crippen LogP contribution is 2.06. The molecule has 0 atom stereocenters. The minimum Gasteiger partial charge on any atom is -0.493 e. The van der Waals surface area contributed by atoms with Crippen molar-refractivity contribution in [3.63, 3.8) is 0 Å². The predicted molar refractivity (Wildman–Crippen MR) is 53.0 cm³/mol. The summed E-state index contributed by atoms with van der Waals surface area (Å²) < 4.78 is 1.09. The summed E-state index contributed by atoms with van der Waals surface area (Å²) in [5.74, 6) is -0.336. The largest absolute Gasteiger partial charge is 0.493 e. The van der Waals surface area contributed by atoms with Crippen molar-refractivity contribution in [1.29, 1.82) is 5.26 Å². The standard InChI is InChI=1S/C10H10N2O2/c1-4-12-9(13)7(3)6(2)8(5-11)10(12)14/h14H,2-4H2,1H3. The summed E-state index contributed by atoms with van der Waals surface area (Å²) in [4.78, 5) is 11.5. The molecule has 4 nitrogen and oxygen atoms in total. The van der Waals surface area contributed by atoms with Gasteiger partial charge in [-0.2, -0.15) is 5.26 Å². The lowest BCUT2D eigenvalue weighted by Gasteiger charge is -2.06. The van der Waals surface area contributed by atoms with Crippen LogP contribution in [0.15, 0.2) is 4.79 Å². The number of hydrogen-bond donors (Lipinski definition) is 1. The summed E-state index contributed by atoms with van der Waals surface area (Å²) in [6, 6.07) is 1.79. The Labute approximate surface area is 80.7 Å². The highest BCUT2D eigenvalue weighted by molar-refractivity contribution is 5.41. The maximum absolute atomic E-state index is 11.5. The average molecular weight is 190 g/mol. The Morgan fingerprint density at radius 2 is 2.07 bits per heavy atom. The zero-order valence-electron chi connectivity index (χ0n) is 7.87. The first-order chi connectivity index (χ1) is 6.54. The van der Waals surface area contributed by atoms with Gasteiger partial charge in [-0.25, -0.2) is 0 Å². The molecule has 14 heavy (non-hydrogen) atoms. The Kier molecular flexibility index (Phi) is 2.43. The van der Waals surface area contributed by atoms with Gasteiger partial charge in [0.2, 0.25) is 5.88 Å². The fourth-order valence-corrected chi connectivity index (χ4v) is 1.22. The lowest BCUT2D eigenvalue weighted by molar-refractivity contribution is 0.408. The molecule has 1 heterocycles. The first-order valence-electron chi connectivity index (χ1n) is 4.08. The van der Waals surface area contributed by atoms with Crippen molar-refractivity contribution in [1.82, 2.24) is 4.57 Å². The van der Waals surface area contributed by atoms with Gasteiger partial charge in [0.05, 0.1) is 0 Å². The molecule has 1 N–H and O–H groups in total. The van der Waals surface area contributed by atoms with Gasteiger partial charge in [0, 0.05) is 17.0 Å². The van der Waals surface area contributed by atoms with Crippen LogP contribution in [0, 0.1) is 11.3 Å². The van der Waals surface area contributed by atoms with E-state index in [1.165, 1.54) is 0 Å². The third-order valence-corrected chi connectivity index (χ3v) is 2.08. The van der Waals surface area contributed by atoms with E-state index >= 15 is 0 Å². The van der Waals surface area contributed by atoms with E-state index in [9.17, 15) is 9.90 Å². The number of aromatic nitrogens is 1. The summed E-state index contributed by atoms with van der Waals surface area (Å²) in [5.41, 5.74) is -0.398. The first-order valence-corrected chi connectivity index (χ1v) is 4.08. The Balaban J connectivity index is 3.97. The first kappa shape index (κ1) is 10.1. The number of hydrogen-bond acceptors (Lipinski definition) is 3. The van der Waals surface area contributed by atoms with E-state index < -0.39 is 5.56 Å². The second-order valence-electron chi connectivity index (χ2n) is 2.82. The van der Waals surface area contributed by atoms with Crippen molar-refractivity contribution in [2.45, 2.75) is 13.5 Å². The van der Waals surface area contributed by atoms with Crippen LogP contribution >= 0.6 is 0 Å². The molecule has 0 unspecified atom stereocenters. The van der Waals surface area contributed by atoms with Crippen molar-refractivity contribution < 1.29 is 5.11 Å². The molecule has 0 saturated carbocycles. The van der Waals surface area contributed by atoms with Gasteiger partial charge in [0.25, 0.3) is 5.56 Å². The molecular formula is C10H10N2O2. The molecule has 0 aliphatic carbocycles. The average Bonchev–Trinajstić information content (AvgIpc) is 2.16. The van der Waals surface area contributed by atoms with Gasteiger partial charge in [-0.05, 0) is 6.92 Å². The highest BCUT2D eigenvalue weighted by atomic mass is 16.3. The Morgan fingerprint density at radius 3 is 2.50 bits per heavy atom. The van der Waals surface area contributed by atoms with Crippen molar-refractivity contribution in [2.24, 2.45) is 0 Å². The molecule has 0 spiro atoms. The van der Waals surface area contributed by atoms with Crippen LogP contribution in [-0.2, 0) is 6.54 Å². The summed E-state index contributed by atoms with van der Waals surface area (Å²) in [5, 5.41) is 18.6. The molecule has 0 radical (unpaired) electrons. The van der Waals surface area contributed by atoms with E-state index in [2.05, 4.69) is 13.2 Å². The molecular weight excluding hydrogens is 180 g/mol. The van der Waals surface area contributed by atoms with E-state index in [4.69, 9.17) is 5.26 Å². The van der Waals surface area contributed by atoms with Crippen LogP contribution in [0.1, 0.15) is 12.5 Å². The number of nitriles is 1. The van der Waals surface area contributed by atoms with Crippen molar-refractivity contribution in [3.8, 4) is 11.9 Å². The molecule has 0 aliphatic rings. The quantitative estimate of drug-likeness (QED) is 0.634. The molecule has 1 aromatic heterocycles. The maximum atomic E-state index is 11.5. The van der Waals surface area contributed by atoms with Crippen molar-refractivity contribution in [3.05, 3.63) is 26.4 Å². The maximum Gasteiger partial charge on any atom is 0.260 e. The molecule has 4 heteroatoms. The van der Waals surface area contributed by atoms with Gasteiger partial charge in [0.1, 0.15) is 11.6 Å². The summed E-state index contributed by atoms with van der Waals surface area (Å²) >= 11 is 0. The zero-order chi connectivity index (χ0) is 10.9. The number of aromatic hydroxyl groups is 1. The Bertz CT molecular complexity index is 564. The van der Waals surface area contributed by atoms with Gasteiger partial charge in [-0.1, -0.05) is 13.2 Å². The van der Waals surface area contributed by atoms with Crippen LogP contribution in [0.5, 0.6) is 5.88 Å². The highest BCUT2D eigenvalue weighted by Gasteiger charge is 2.09. The second kappa shape index (κ2) is 3.38. The van der Waals surface area contributed by atoms with E-state index in [1.807, 2.05) is 0 Å². The predicted octanol–water partition coefficient (Wildman–Crippen LogP) is -0.734. The van der Waals surface area contributed by atoms with Crippen molar-refractivity contribution in [2.75, 3.05) is 0 Å². The SMILES string of the molecule is C=c1c(C#N)c(O)n(CC)c(=O)c1=C. The molecule has 0 fully saturated rings. The zero-order valence-corrected chi connectivity index (χ0v) is 7.87. The topological polar surface area (TPSA) is 66.0 Å². The van der Waals surface area contributed by atoms with Crippen LogP contribution in [0.3, 0.4) is 0 Å². The summed E-state index contributed by atoms with van der Waals surface area (Å²) in [6.45, 7) is 9.04. The molecule has 0 bridgehead atoms. The summed E-state index contributed by atoms with van der Waals surface area (Å²) in [7, 11) is 0. The van der Waals surface area contributed by atoms with Crippen molar-refractivity contribution >= 4 is 13.2 Å². The molecule has 72 valence electrons. The molecule has 1 aromatic rings. The number of nitrogens with zero attached hydrogens (tertiary/aromatic N) is 2. The van der Waals surface area contributed by atoms with E-state index in [0.29, 0.717) is 6.54 Å². The molecule has 1 rings (SSSR count). The smallest absolute Gasteiger partial charge is 0.260 e. The van der Waals surface area contributed by atoms with Gasteiger partial charge < -0.3 is 5.11 Å². The number of pyridine rings is 1. The van der Waals surface area contributed by atoms with Gasteiger partial charge >= 0.3 is 0 Å². The third kappa shape index (κ3) is 1.19. The molecule has 0 saturated heterocycles. The Hall–Kier alpha value is -2.02. The third-order valence-electron chi connectivity index (χ3n) is 2.08. The van der Waals surface area contributed by atoms with E-state index in [1.54, 1.807) is 13.0 Å². The van der Waals surface area contributed by atoms with Gasteiger partial charge in [0.15, 0.2) is 0 Å². The lowest BCUT2D eigenvalue weighted by atomic mass is 10.2. The fourth-order valence-electron chi connectivity index (χ4n) is 1.22. The normalized spacial score (nSPS) is 9.71. The van der Waals surface area contributed by atoms with Crippen LogP contribution in [-0.4, -0.2) is 9.67 Å². The van der Waals surface area contributed by atoms with Crippen LogP contribution in [0.2, 0.25) is 0 Å². The monoisotopic (exact) mass is 190 g/mol. The van der Waals surface area contributed by atoms with Gasteiger partial charge in [-0.15, -0.1) is 0 Å². The molecule has 0 aliphatic heterocycles. The lowest BCUT2D eigenvalue weighted by Crippen LogP contribution is -2.44. The minimum absolute atomic E-state index is 0.0106. The van der Waals surface area contributed by atoms with Crippen LogP contribution in [0.4, 0.5) is 0 Å². The van der Waals surface area contributed by atoms with Crippen LogP contribution < -0.4 is 16.0 Å². The fraction of sp³-hybridized carbons (Fsp3) is 0.200. The van der Waals surface area contributed by atoms with Crippen LogP contribution in [0.25, 0.3) is 13.2 Å². The second-order valence-corrected chi connectivity index (χ2v) is 2.82. The molecule has 0 aromatic carbocycles. The summed E-state index contributed by atoms with van der Waals surface area (Å²) in [6.07, 6.45) is 0. The molecule has 0 amide bonds. The Morgan fingerprint density at radius 1 is 1.50 bits per heavy atom.